The smallest absolute Gasteiger partial charge is 0.142 e. The summed E-state index contributed by atoms with van der Waals surface area (Å²) in [6, 6.07) is 0. The van der Waals surface area contributed by atoms with E-state index < -0.39 is 0 Å². The standard InChI is InChI=1S/C9H16O/c1-4-8(2)9(3)6-5-7-10/h5-9H,4H2,1-3H3/b6-5+. The van der Waals surface area contributed by atoms with Gasteiger partial charge in [-0.05, 0) is 17.9 Å². The van der Waals surface area contributed by atoms with E-state index in [1.54, 1.807) is 6.08 Å². The molecule has 0 rings (SSSR count). The third-order valence-corrected chi connectivity index (χ3v) is 2.03. The lowest BCUT2D eigenvalue weighted by Crippen LogP contribution is -2.02. The summed E-state index contributed by atoms with van der Waals surface area (Å²) in [7, 11) is 0. The topological polar surface area (TPSA) is 17.1 Å². The van der Waals surface area contributed by atoms with Crippen molar-refractivity contribution in [3.8, 4) is 0 Å². The van der Waals surface area contributed by atoms with Crippen LogP contribution in [0.4, 0.5) is 0 Å². The van der Waals surface area contributed by atoms with Gasteiger partial charge in [0.05, 0.1) is 0 Å². The molecule has 58 valence electrons. The average Bonchev–Trinajstić information content (AvgIpc) is 1.98. The number of hydrogen-bond acceptors (Lipinski definition) is 1. The Morgan fingerprint density at radius 1 is 1.40 bits per heavy atom. The van der Waals surface area contributed by atoms with Gasteiger partial charge in [0.1, 0.15) is 6.29 Å². The van der Waals surface area contributed by atoms with Crippen LogP contribution in [-0.2, 0) is 4.79 Å². The molecule has 1 heteroatoms. The molecule has 0 saturated carbocycles. The maximum atomic E-state index is 9.93. The van der Waals surface area contributed by atoms with Crippen LogP contribution in [-0.4, -0.2) is 6.29 Å². The molecule has 0 bridgehead atoms. The number of rotatable bonds is 4. The second kappa shape index (κ2) is 5.21. The van der Waals surface area contributed by atoms with Crippen molar-refractivity contribution in [1.29, 1.82) is 0 Å². The molecule has 0 radical (unpaired) electrons. The SMILES string of the molecule is CCC(C)C(C)/C=C/C=O. The monoisotopic (exact) mass is 140 g/mol. The molecule has 0 saturated heterocycles. The van der Waals surface area contributed by atoms with Crippen molar-refractivity contribution in [1.82, 2.24) is 0 Å². The van der Waals surface area contributed by atoms with E-state index in [0.717, 1.165) is 6.29 Å². The minimum absolute atomic E-state index is 0.523. The highest BCUT2D eigenvalue weighted by atomic mass is 16.1. The van der Waals surface area contributed by atoms with Crippen LogP contribution < -0.4 is 0 Å². The molecule has 0 amide bonds. The zero-order chi connectivity index (χ0) is 7.98. The number of carbonyl (C=O) groups is 1. The second-order valence-corrected chi connectivity index (χ2v) is 2.77. The summed E-state index contributed by atoms with van der Waals surface area (Å²) in [4.78, 5) is 9.93. The van der Waals surface area contributed by atoms with Crippen LogP contribution in [0.15, 0.2) is 12.2 Å². The third kappa shape index (κ3) is 3.44. The summed E-state index contributed by atoms with van der Waals surface area (Å²) >= 11 is 0. The Morgan fingerprint density at radius 2 is 2.00 bits per heavy atom. The average molecular weight is 140 g/mol. The molecule has 0 aromatic carbocycles. The van der Waals surface area contributed by atoms with Gasteiger partial charge < -0.3 is 0 Å². The van der Waals surface area contributed by atoms with E-state index in [2.05, 4.69) is 20.8 Å². The predicted molar refractivity (Wildman–Crippen MR) is 43.8 cm³/mol. The van der Waals surface area contributed by atoms with Crippen molar-refractivity contribution in [2.24, 2.45) is 11.8 Å². The molecule has 0 heterocycles. The fourth-order valence-corrected chi connectivity index (χ4v) is 0.782. The summed E-state index contributed by atoms with van der Waals surface area (Å²) in [5.41, 5.74) is 0. The molecule has 0 spiro atoms. The molecule has 10 heavy (non-hydrogen) atoms. The first-order chi connectivity index (χ1) is 4.72. The van der Waals surface area contributed by atoms with Crippen LogP contribution in [0.1, 0.15) is 27.2 Å². The molecular formula is C9H16O. The van der Waals surface area contributed by atoms with Gasteiger partial charge in [-0.2, -0.15) is 0 Å². The number of aldehydes is 1. The maximum Gasteiger partial charge on any atom is 0.142 e. The van der Waals surface area contributed by atoms with Crippen LogP contribution in [0.25, 0.3) is 0 Å². The van der Waals surface area contributed by atoms with E-state index in [1.165, 1.54) is 6.42 Å². The number of hydrogen-bond donors (Lipinski definition) is 0. The van der Waals surface area contributed by atoms with Crippen LogP contribution >= 0.6 is 0 Å². The first kappa shape index (κ1) is 9.41. The van der Waals surface area contributed by atoms with E-state index in [9.17, 15) is 4.79 Å². The lowest BCUT2D eigenvalue weighted by Gasteiger charge is -2.12. The van der Waals surface area contributed by atoms with Gasteiger partial charge in [-0.15, -0.1) is 0 Å². The summed E-state index contributed by atoms with van der Waals surface area (Å²) < 4.78 is 0. The van der Waals surface area contributed by atoms with Crippen LogP contribution in [0.3, 0.4) is 0 Å². The summed E-state index contributed by atoms with van der Waals surface area (Å²) in [5, 5.41) is 0. The molecule has 2 unspecified atom stereocenters. The van der Waals surface area contributed by atoms with E-state index in [4.69, 9.17) is 0 Å². The zero-order valence-corrected chi connectivity index (χ0v) is 7.00. The number of carbonyl (C=O) groups excluding carboxylic acids is 1. The molecule has 1 nitrogen and oxygen atoms in total. The van der Waals surface area contributed by atoms with E-state index in [0.29, 0.717) is 11.8 Å². The number of allylic oxidation sites excluding steroid dienone is 2. The molecule has 0 aliphatic heterocycles. The van der Waals surface area contributed by atoms with Crippen molar-refractivity contribution in [3.63, 3.8) is 0 Å². The minimum atomic E-state index is 0.523. The Bertz CT molecular complexity index is 116. The van der Waals surface area contributed by atoms with Crippen molar-refractivity contribution >= 4 is 6.29 Å². The quantitative estimate of drug-likeness (QED) is 0.433. The van der Waals surface area contributed by atoms with Crippen molar-refractivity contribution in [3.05, 3.63) is 12.2 Å². The van der Waals surface area contributed by atoms with E-state index in [-0.39, 0.29) is 0 Å². The molecule has 0 fully saturated rings. The van der Waals surface area contributed by atoms with Gasteiger partial charge in [-0.25, -0.2) is 0 Å². The fourth-order valence-electron chi connectivity index (χ4n) is 0.782. The minimum Gasteiger partial charge on any atom is -0.299 e. The predicted octanol–water partition coefficient (Wildman–Crippen LogP) is 2.42. The molecule has 0 aromatic heterocycles. The lowest BCUT2D eigenvalue weighted by molar-refractivity contribution is -0.104. The highest BCUT2D eigenvalue weighted by molar-refractivity contribution is 5.64. The lowest BCUT2D eigenvalue weighted by atomic mass is 9.93. The van der Waals surface area contributed by atoms with Gasteiger partial charge in [0, 0.05) is 0 Å². The van der Waals surface area contributed by atoms with Gasteiger partial charge >= 0.3 is 0 Å². The van der Waals surface area contributed by atoms with Crippen molar-refractivity contribution < 1.29 is 4.79 Å². The van der Waals surface area contributed by atoms with E-state index >= 15 is 0 Å². The summed E-state index contributed by atoms with van der Waals surface area (Å²) in [6.07, 6.45) is 5.54. The summed E-state index contributed by atoms with van der Waals surface area (Å²) in [5.74, 6) is 1.20. The first-order valence-electron chi connectivity index (χ1n) is 3.84. The first-order valence-corrected chi connectivity index (χ1v) is 3.84. The molecule has 0 N–H and O–H groups in total. The normalized spacial score (nSPS) is 17.1. The van der Waals surface area contributed by atoms with E-state index in [1.807, 2.05) is 6.08 Å². The van der Waals surface area contributed by atoms with Gasteiger partial charge in [-0.3, -0.25) is 4.79 Å². The summed E-state index contributed by atoms with van der Waals surface area (Å²) in [6.45, 7) is 6.49. The highest BCUT2D eigenvalue weighted by Crippen LogP contribution is 2.14. The van der Waals surface area contributed by atoms with Crippen LogP contribution in [0.5, 0.6) is 0 Å². The maximum absolute atomic E-state index is 9.93. The molecule has 0 aromatic rings. The van der Waals surface area contributed by atoms with Crippen molar-refractivity contribution in [2.75, 3.05) is 0 Å². The Labute approximate surface area is 63.1 Å². The molecule has 0 aliphatic rings. The Hall–Kier alpha value is -0.590. The largest absolute Gasteiger partial charge is 0.299 e. The van der Waals surface area contributed by atoms with Crippen LogP contribution in [0, 0.1) is 11.8 Å². The molecule has 0 aliphatic carbocycles. The molecular weight excluding hydrogens is 124 g/mol. The van der Waals surface area contributed by atoms with Crippen LogP contribution in [0.2, 0.25) is 0 Å². The Morgan fingerprint density at radius 3 is 2.40 bits per heavy atom. The third-order valence-electron chi connectivity index (χ3n) is 2.03. The van der Waals surface area contributed by atoms with Gasteiger partial charge in [-0.1, -0.05) is 33.3 Å². The zero-order valence-electron chi connectivity index (χ0n) is 7.00. The Balaban J connectivity index is 3.70. The van der Waals surface area contributed by atoms with Gasteiger partial charge in [0.2, 0.25) is 0 Å². The van der Waals surface area contributed by atoms with Gasteiger partial charge in [0.15, 0.2) is 0 Å². The van der Waals surface area contributed by atoms with Gasteiger partial charge in [0.25, 0.3) is 0 Å². The van der Waals surface area contributed by atoms with Crippen molar-refractivity contribution in [2.45, 2.75) is 27.2 Å². The molecule has 2 atom stereocenters. The fraction of sp³-hybridized carbons (Fsp3) is 0.667. The second-order valence-electron chi connectivity index (χ2n) is 2.77. The Kier molecular flexibility index (Phi) is 4.91. The highest BCUT2D eigenvalue weighted by Gasteiger charge is 2.04.